The molecule has 0 radical (unpaired) electrons. The lowest BCUT2D eigenvalue weighted by Crippen LogP contribution is -2.60. The van der Waals surface area contributed by atoms with Crippen molar-refractivity contribution in [2.45, 2.75) is 50.8 Å². The molecule has 1 saturated carbocycles. The number of fused-ring (bicyclic) bond motifs is 1. The summed E-state index contributed by atoms with van der Waals surface area (Å²) in [4.78, 5) is 14.7. The number of hydrogen-bond acceptors (Lipinski definition) is 4. The second kappa shape index (κ2) is 6.65. The van der Waals surface area contributed by atoms with E-state index in [0.29, 0.717) is 18.3 Å². The average Bonchev–Trinajstić information content (AvgIpc) is 3.20. The first kappa shape index (κ1) is 15.2. The van der Waals surface area contributed by atoms with Crippen molar-refractivity contribution in [1.29, 1.82) is 0 Å². The van der Waals surface area contributed by atoms with Crippen LogP contribution in [0.15, 0.2) is 22.8 Å². The monoisotopic (exact) mass is 318 g/mol. The number of piperidine rings is 1. The Bertz CT molecular complexity index is 526. The first-order chi connectivity index (χ1) is 11.3. The Morgan fingerprint density at radius 2 is 2.22 bits per heavy atom. The molecule has 1 aromatic rings. The van der Waals surface area contributed by atoms with Crippen molar-refractivity contribution < 1.29 is 13.9 Å². The fraction of sp³-hybridized carbons (Fsp3) is 0.722. The first-order valence-corrected chi connectivity index (χ1v) is 8.93. The minimum atomic E-state index is 0.107. The molecule has 1 amide bonds. The molecule has 5 nitrogen and oxygen atoms in total. The van der Waals surface area contributed by atoms with Crippen LogP contribution in [-0.4, -0.2) is 42.6 Å². The molecule has 5 heteroatoms. The van der Waals surface area contributed by atoms with Crippen molar-refractivity contribution in [3.05, 3.63) is 24.2 Å². The van der Waals surface area contributed by atoms with Crippen molar-refractivity contribution in [1.82, 2.24) is 10.2 Å². The molecule has 4 rings (SSSR count). The van der Waals surface area contributed by atoms with Gasteiger partial charge in [0.15, 0.2) is 0 Å². The molecule has 3 fully saturated rings. The van der Waals surface area contributed by atoms with Crippen LogP contribution in [0.25, 0.3) is 0 Å². The van der Waals surface area contributed by atoms with Gasteiger partial charge in [-0.15, -0.1) is 0 Å². The molecule has 0 spiro atoms. The van der Waals surface area contributed by atoms with Gasteiger partial charge in [0.2, 0.25) is 5.91 Å². The maximum atomic E-state index is 12.3. The van der Waals surface area contributed by atoms with Crippen molar-refractivity contribution in [2.24, 2.45) is 11.8 Å². The van der Waals surface area contributed by atoms with Gasteiger partial charge in [0.25, 0.3) is 0 Å². The van der Waals surface area contributed by atoms with Gasteiger partial charge in [-0.2, -0.15) is 0 Å². The summed E-state index contributed by atoms with van der Waals surface area (Å²) in [5, 5.41) is 3.26. The zero-order valence-electron chi connectivity index (χ0n) is 13.6. The Hall–Kier alpha value is -1.33. The number of likely N-dealkylation sites (tertiary alicyclic amines) is 1. The van der Waals surface area contributed by atoms with Crippen molar-refractivity contribution >= 4 is 5.91 Å². The number of hydrogen-bond donors (Lipinski definition) is 1. The summed E-state index contributed by atoms with van der Waals surface area (Å²) in [6.07, 6.45) is 7.33. The van der Waals surface area contributed by atoms with E-state index < -0.39 is 0 Å². The van der Waals surface area contributed by atoms with E-state index >= 15 is 0 Å². The number of furan rings is 1. The molecule has 0 unspecified atom stereocenters. The van der Waals surface area contributed by atoms with Crippen LogP contribution in [0.3, 0.4) is 0 Å². The highest BCUT2D eigenvalue weighted by atomic mass is 16.5. The Labute approximate surface area is 137 Å². The van der Waals surface area contributed by atoms with Gasteiger partial charge in [-0.1, -0.05) is 0 Å². The predicted octanol–water partition coefficient (Wildman–Crippen LogP) is 2.18. The van der Waals surface area contributed by atoms with Crippen LogP contribution in [0.4, 0.5) is 0 Å². The van der Waals surface area contributed by atoms with E-state index in [1.807, 2.05) is 12.1 Å². The van der Waals surface area contributed by atoms with E-state index in [4.69, 9.17) is 9.15 Å². The molecule has 3 aliphatic rings. The third-order valence-corrected chi connectivity index (χ3v) is 5.32. The van der Waals surface area contributed by atoms with Gasteiger partial charge >= 0.3 is 0 Å². The summed E-state index contributed by atoms with van der Waals surface area (Å²) in [6.45, 7) is 3.51. The lowest BCUT2D eigenvalue weighted by Gasteiger charge is -2.45. The molecular weight excluding hydrogens is 292 g/mol. The maximum Gasteiger partial charge on any atom is 0.220 e. The van der Waals surface area contributed by atoms with Crippen LogP contribution in [0, 0.1) is 11.8 Å². The Kier molecular flexibility index (Phi) is 4.40. The van der Waals surface area contributed by atoms with Gasteiger partial charge in [-0.25, -0.2) is 0 Å². The highest BCUT2D eigenvalue weighted by molar-refractivity contribution is 5.76. The summed E-state index contributed by atoms with van der Waals surface area (Å²) in [5.41, 5.74) is 0. The number of amides is 1. The van der Waals surface area contributed by atoms with E-state index in [9.17, 15) is 4.79 Å². The summed E-state index contributed by atoms with van der Waals surface area (Å²) in [7, 11) is 0. The summed E-state index contributed by atoms with van der Waals surface area (Å²) >= 11 is 0. The lowest BCUT2D eigenvalue weighted by atomic mass is 9.85. The molecule has 2 saturated heterocycles. The maximum absolute atomic E-state index is 12.3. The zero-order valence-corrected chi connectivity index (χ0v) is 13.6. The van der Waals surface area contributed by atoms with Crippen LogP contribution in [0.2, 0.25) is 0 Å². The number of ether oxygens (including phenoxy) is 1. The summed E-state index contributed by atoms with van der Waals surface area (Å²) < 4.78 is 11.5. The largest absolute Gasteiger partial charge is 0.468 e. The summed E-state index contributed by atoms with van der Waals surface area (Å²) in [5.74, 6) is 2.33. The van der Waals surface area contributed by atoms with Crippen LogP contribution in [-0.2, 0) is 16.1 Å². The van der Waals surface area contributed by atoms with Crippen molar-refractivity contribution in [3.8, 4) is 0 Å². The van der Waals surface area contributed by atoms with Gasteiger partial charge in [0, 0.05) is 26.1 Å². The van der Waals surface area contributed by atoms with E-state index in [0.717, 1.165) is 38.4 Å². The van der Waals surface area contributed by atoms with Gasteiger partial charge < -0.3 is 14.5 Å². The van der Waals surface area contributed by atoms with Crippen molar-refractivity contribution in [2.75, 3.05) is 19.7 Å². The molecule has 3 heterocycles. The molecule has 0 bridgehead atoms. The third-order valence-electron chi connectivity index (χ3n) is 5.32. The normalized spacial score (nSPS) is 31.6. The van der Waals surface area contributed by atoms with Gasteiger partial charge in [0.1, 0.15) is 5.76 Å². The fourth-order valence-corrected chi connectivity index (χ4v) is 4.02. The molecule has 1 aromatic heterocycles. The number of rotatable bonds is 5. The van der Waals surface area contributed by atoms with E-state index in [2.05, 4.69) is 10.2 Å². The molecule has 1 N–H and O–H groups in total. The van der Waals surface area contributed by atoms with Crippen LogP contribution < -0.4 is 5.32 Å². The van der Waals surface area contributed by atoms with Crippen LogP contribution in [0.5, 0.6) is 0 Å². The van der Waals surface area contributed by atoms with E-state index in [1.54, 1.807) is 6.26 Å². The molecule has 23 heavy (non-hydrogen) atoms. The molecule has 3 atom stereocenters. The quantitative estimate of drug-likeness (QED) is 0.904. The number of nitrogens with one attached hydrogen (secondary N) is 1. The van der Waals surface area contributed by atoms with Gasteiger partial charge in [-0.3, -0.25) is 9.69 Å². The first-order valence-electron chi connectivity index (χ1n) is 8.93. The third kappa shape index (κ3) is 3.78. The molecule has 126 valence electrons. The molecular formula is C18H26N2O3. The Morgan fingerprint density at radius 1 is 1.30 bits per heavy atom. The SMILES string of the molecule is O=C(CC1CC1)N[C@@H]1CN(Cc2ccco2)C[C@@H]2CCCO[C@@H]21. The minimum absolute atomic E-state index is 0.107. The van der Waals surface area contributed by atoms with E-state index in [-0.39, 0.29) is 18.1 Å². The van der Waals surface area contributed by atoms with Gasteiger partial charge in [0.05, 0.1) is 25.0 Å². The second-order valence-electron chi connectivity index (χ2n) is 7.33. The topological polar surface area (TPSA) is 54.7 Å². The predicted molar refractivity (Wildman–Crippen MR) is 85.7 cm³/mol. The second-order valence-corrected chi connectivity index (χ2v) is 7.33. The Balaban J connectivity index is 1.41. The minimum Gasteiger partial charge on any atom is -0.468 e. The fourth-order valence-electron chi connectivity index (χ4n) is 4.02. The molecule has 2 aliphatic heterocycles. The molecule has 1 aliphatic carbocycles. The zero-order chi connectivity index (χ0) is 15.6. The van der Waals surface area contributed by atoms with Crippen molar-refractivity contribution in [3.63, 3.8) is 0 Å². The van der Waals surface area contributed by atoms with Gasteiger partial charge in [-0.05, 0) is 49.7 Å². The smallest absolute Gasteiger partial charge is 0.220 e. The van der Waals surface area contributed by atoms with Crippen LogP contribution >= 0.6 is 0 Å². The highest BCUT2D eigenvalue weighted by Gasteiger charge is 2.40. The van der Waals surface area contributed by atoms with E-state index in [1.165, 1.54) is 19.3 Å². The summed E-state index contributed by atoms with van der Waals surface area (Å²) in [6, 6.07) is 4.06. The highest BCUT2D eigenvalue weighted by Crippen LogP contribution is 2.33. The number of nitrogens with zero attached hydrogens (tertiary/aromatic N) is 1. The Morgan fingerprint density at radius 3 is 3.00 bits per heavy atom. The number of carbonyl (C=O) groups excluding carboxylic acids is 1. The van der Waals surface area contributed by atoms with Crippen LogP contribution in [0.1, 0.15) is 37.9 Å². The standard InChI is InChI=1S/C18H26N2O3/c21-17(9-13-5-6-13)19-16-12-20(11-15-4-2-7-22-15)10-14-3-1-8-23-18(14)16/h2,4,7,13-14,16,18H,1,3,5-6,8-12H2,(H,19,21)/t14-,16+,18-/m0/s1. The number of carbonyl (C=O) groups is 1. The average molecular weight is 318 g/mol. The lowest BCUT2D eigenvalue weighted by molar-refractivity contribution is -0.128. The molecule has 0 aromatic carbocycles.